The Balaban J connectivity index is 1.61. The van der Waals surface area contributed by atoms with Gasteiger partial charge >= 0.3 is 0 Å². The van der Waals surface area contributed by atoms with E-state index in [1.807, 2.05) is 17.5 Å². The van der Waals surface area contributed by atoms with Crippen molar-refractivity contribution in [3.05, 3.63) is 51.8 Å². The lowest BCUT2D eigenvalue weighted by Gasteiger charge is -2.30. The van der Waals surface area contributed by atoms with E-state index in [1.165, 1.54) is 38.4 Å². The highest BCUT2D eigenvalue weighted by atomic mass is 32.1. The molecule has 7 nitrogen and oxygen atoms in total. The van der Waals surface area contributed by atoms with Crippen LogP contribution in [0.4, 0.5) is 0 Å². The zero-order valence-corrected chi connectivity index (χ0v) is 20.4. The summed E-state index contributed by atoms with van der Waals surface area (Å²) in [7, 11) is 3.05. The molecule has 1 aromatic carbocycles. The number of rotatable bonds is 10. The number of methoxy groups -OCH3 is 2. The summed E-state index contributed by atoms with van der Waals surface area (Å²) in [6.07, 6.45) is 5.05. The summed E-state index contributed by atoms with van der Waals surface area (Å²) in [6, 6.07) is 8.70. The minimum atomic E-state index is -0.392. The van der Waals surface area contributed by atoms with Crippen molar-refractivity contribution in [3.8, 4) is 11.5 Å². The third kappa shape index (κ3) is 7.33. The molecule has 3 rings (SSSR count). The average molecular weight is 472 g/mol. The number of nitrogens with one attached hydrogen (secondary N) is 2. The summed E-state index contributed by atoms with van der Waals surface area (Å²) >= 11 is 1.50. The van der Waals surface area contributed by atoms with Crippen molar-refractivity contribution < 1.29 is 19.1 Å². The van der Waals surface area contributed by atoms with Crippen LogP contribution in [0.25, 0.3) is 6.08 Å². The van der Waals surface area contributed by atoms with Crippen LogP contribution in [0.5, 0.6) is 11.5 Å². The monoisotopic (exact) mass is 471 g/mol. The number of thiophene rings is 1. The molecule has 1 saturated heterocycles. The molecule has 0 aliphatic carbocycles. The molecular weight excluding hydrogens is 438 g/mol. The summed E-state index contributed by atoms with van der Waals surface area (Å²) in [4.78, 5) is 29.1. The molecule has 0 saturated carbocycles. The molecule has 0 unspecified atom stereocenters. The van der Waals surface area contributed by atoms with Gasteiger partial charge in [-0.1, -0.05) is 13.0 Å². The average Bonchev–Trinajstić information content (AvgIpc) is 3.35. The van der Waals surface area contributed by atoms with Gasteiger partial charge in [-0.25, -0.2) is 0 Å². The van der Waals surface area contributed by atoms with Crippen molar-refractivity contribution in [2.75, 3.05) is 40.4 Å². The van der Waals surface area contributed by atoms with Gasteiger partial charge < -0.3 is 25.0 Å². The first-order valence-electron chi connectivity index (χ1n) is 11.3. The number of hydrogen-bond donors (Lipinski definition) is 2. The maximum absolute atomic E-state index is 12.9. The Bertz CT molecular complexity index is 951. The molecule has 178 valence electrons. The van der Waals surface area contributed by atoms with E-state index >= 15 is 0 Å². The van der Waals surface area contributed by atoms with Crippen molar-refractivity contribution in [1.29, 1.82) is 0 Å². The topological polar surface area (TPSA) is 79.9 Å². The molecule has 1 aliphatic heterocycles. The fraction of sp³-hybridized carbons (Fsp3) is 0.440. The zero-order chi connectivity index (χ0) is 23.6. The number of likely N-dealkylation sites (tertiary alicyclic amines) is 1. The van der Waals surface area contributed by atoms with Crippen LogP contribution in [-0.2, 0) is 4.79 Å². The van der Waals surface area contributed by atoms with Crippen LogP contribution in [0.1, 0.15) is 41.4 Å². The number of piperidine rings is 1. The van der Waals surface area contributed by atoms with Gasteiger partial charge in [0.2, 0.25) is 0 Å². The van der Waals surface area contributed by atoms with Gasteiger partial charge in [0, 0.05) is 17.0 Å². The quantitative estimate of drug-likeness (QED) is 0.407. The molecule has 2 N–H and O–H groups in total. The zero-order valence-electron chi connectivity index (χ0n) is 19.6. The first-order chi connectivity index (χ1) is 16.0. The van der Waals surface area contributed by atoms with Crippen LogP contribution >= 0.6 is 11.3 Å². The molecule has 0 atom stereocenters. The number of carbonyl (C=O) groups is 2. The summed E-state index contributed by atoms with van der Waals surface area (Å²) in [6.45, 7) is 6.07. The third-order valence-electron chi connectivity index (χ3n) is 5.78. The Hall–Kier alpha value is -2.84. The molecule has 2 amide bonds. The Morgan fingerprint density at radius 1 is 1.15 bits per heavy atom. The fourth-order valence-corrected chi connectivity index (χ4v) is 4.39. The summed E-state index contributed by atoms with van der Waals surface area (Å²) in [5.74, 6) is 1.09. The SMILES string of the molecule is COc1ccc(C(=O)N/C(=C\c2cccs2)C(=O)NCCCN2CCC(C)CC2)cc1OC. The molecular formula is C25H33N3O4S. The van der Waals surface area contributed by atoms with Crippen molar-refractivity contribution in [2.24, 2.45) is 5.92 Å². The minimum Gasteiger partial charge on any atom is -0.493 e. The molecule has 33 heavy (non-hydrogen) atoms. The van der Waals surface area contributed by atoms with Gasteiger partial charge in [-0.3, -0.25) is 9.59 Å². The van der Waals surface area contributed by atoms with E-state index in [9.17, 15) is 9.59 Å². The van der Waals surface area contributed by atoms with Gasteiger partial charge in [0.1, 0.15) is 5.70 Å². The van der Waals surface area contributed by atoms with Crippen molar-refractivity contribution in [3.63, 3.8) is 0 Å². The molecule has 1 fully saturated rings. The fourth-order valence-electron chi connectivity index (χ4n) is 3.73. The smallest absolute Gasteiger partial charge is 0.267 e. The first kappa shape index (κ1) is 24.8. The van der Waals surface area contributed by atoms with Gasteiger partial charge in [0.15, 0.2) is 11.5 Å². The second-order valence-corrected chi connectivity index (χ2v) is 9.21. The standard InChI is InChI=1S/C25H33N3O4S/c1-18-9-13-28(14-10-18)12-5-11-26-25(30)21(17-20-6-4-15-33-20)27-24(29)19-7-8-22(31-2)23(16-19)32-3/h4,6-8,15-18H,5,9-14H2,1-3H3,(H,26,30)(H,27,29)/b21-17-. The van der Waals surface area contributed by atoms with E-state index in [1.54, 1.807) is 24.3 Å². The molecule has 8 heteroatoms. The highest BCUT2D eigenvalue weighted by molar-refractivity contribution is 7.10. The van der Waals surface area contributed by atoms with E-state index in [4.69, 9.17) is 9.47 Å². The van der Waals surface area contributed by atoms with E-state index in [0.717, 1.165) is 36.9 Å². The number of carbonyl (C=O) groups excluding carboxylic acids is 2. The van der Waals surface area contributed by atoms with E-state index in [-0.39, 0.29) is 11.6 Å². The normalized spacial score (nSPS) is 15.2. The predicted molar refractivity (Wildman–Crippen MR) is 132 cm³/mol. The van der Waals surface area contributed by atoms with Crippen LogP contribution in [0.3, 0.4) is 0 Å². The Morgan fingerprint density at radius 2 is 1.91 bits per heavy atom. The summed E-state index contributed by atoms with van der Waals surface area (Å²) < 4.78 is 10.5. The third-order valence-corrected chi connectivity index (χ3v) is 6.60. The number of hydrogen-bond acceptors (Lipinski definition) is 6. The Labute approximate surface area is 199 Å². The predicted octanol–water partition coefficient (Wildman–Crippen LogP) is 3.77. The molecule has 2 aromatic rings. The molecule has 0 bridgehead atoms. The highest BCUT2D eigenvalue weighted by Gasteiger charge is 2.18. The number of nitrogens with zero attached hydrogens (tertiary/aromatic N) is 1. The highest BCUT2D eigenvalue weighted by Crippen LogP contribution is 2.27. The van der Waals surface area contributed by atoms with Crippen LogP contribution in [-0.4, -0.2) is 57.1 Å². The summed E-state index contributed by atoms with van der Waals surface area (Å²) in [5.41, 5.74) is 0.584. The molecule has 1 aromatic heterocycles. The van der Waals surface area contributed by atoms with Crippen molar-refractivity contribution in [1.82, 2.24) is 15.5 Å². The largest absolute Gasteiger partial charge is 0.493 e. The lowest BCUT2D eigenvalue weighted by atomic mass is 9.99. The first-order valence-corrected chi connectivity index (χ1v) is 12.2. The maximum atomic E-state index is 12.9. The lowest BCUT2D eigenvalue weighted by Crippen LogP contribution is -2.37. The van der Waals surface area contributed by atoms with Gasteiger partial charge in [-0.15, -0.1) is 11.3 Å². The number of ether oxygens (including phenoxy) is 2. The maximum Gasteiger partial charge on any atom is 0.267 e. The second-order valence-electron chi connectivity index (χ2n) is 8.23. The minimum absolute atomic E-state index is 0.212. The van der Waals surface area contributed by atoms with Gasteiger partial charge in [0.05, 0.1) is 14.2 Å². The van der Waals surface area contributed by atoms with Gasteiger partial charge in [-0.2, -0.15) is 0 Å². The molecule has 0 spiro atoms. The van der Waals surface area contributed by atoms with E-state index < -0.39 is 5.91 Å². The number of benzene rings is 1. The Kier molecular flexibility index (Phi) is 9.33. The van der Waals surface area contributed by atoms with Crippen molar-refractivity contribution in [2.45, 2.75) is 26.2 Å². The Morgan fingerprint density at radius 3 is 2.58 bits per heavy atom. The van der Waals surface area contributed by atoms with Crippen LogP contribution in [0.2, 0.25) is 0 Å². The summed E-state index contributed by atoms with van der Waals surface area (Å²) in [5, 5.41) is 7.65. The van der Waals surface area contributed by atoms with Crippen LogP contribution in [0.15, 0.2) is 41.4 Å². The molecule has 0 radical (unpaired) electrons. The van der Waals surface area contributed by atoms with Gasteiger partial charge in [-0.05, 0) is 80.5 Å². The number of amides is 2. The van der Waals surface area contributed by atoms with E-state index in [2.05, 4.69) is 22.5 Å². The van der Waals surface area contributed by atoms with Gasteiger partial charge in [0.25, 0.3) is 11.8 Å². The van der Waals surface area contributed by atoms with E-state index in [0.29, 0.717) is 23.6 Å². The van der Waals surface area contributed by atoms with Crippen molar-refractivity contribution >= 4 is 29.2 Å². The van der Waals surface area contributed by atoms with Crippen LogP contribution < -0.4 is 20.1 Å². The lowest BCUT2D eigenvalue weighted by molar-refractivity contribution is -0.117. The molecule has 2 heterocycles. The second kappa shape index (κ2) is 12.4. The molecule has 1 aliphatic rings. The van der Waals surface area contributed by atoms with Crippen LogP contribution in [0, 0.1) is 5.92 Å².